The molecular weight excluding hydrogens is 581 g/mol. The van der Waals surface area contributed by atoms with Crippen LogP contribution in [0.5, 0.6) is 0 Å². The minimum Gasteiger partial charge on any atom is -0.309 e. The van der Waals surface area contributed by atoms with Gasteiger partial charge in [0, 0.05) is 32.9 Å². The third-order valence-electron chi connectivity index (χ3n) is 9.90. The third kappa shape index (κ3) is 4.06. The van der Waals surface area contributed by atoms with Crippen LogP contribution in [0.25, 0.3) is 88.0 Å². The molecule has 48 heavy (non-hydrogen) atoms. The fraction of sp³-hybridized carbons (Fsp3) is 0. The minimum atomic E-state index is 1.15. The van der Waals surface area contributed by atoms with Crippen LogP contribution in [0.15, 0.2) is 182 Å². The van der Waals surface area contributed by atoms with E-state index < -0.39 is 0 Å². The number of aromatic nitrogens is 2. The summed E-state index contributed by atoms with van der Waals surface area (Å²) >= 11 is 0. The summed E-state index contributed by atoms with van der Waals surface area (Å²) < 4.78 is 4.92. The summed E-state index contributed by atoms with van der Waals surface area (Å²) in [5.74, 6) is 0. The van der Waals surface area contributed by atoms with Crippen molar-refractivity contribution in [1.29, 1.82) is 0 Å². The second kappa shape index (κ2) is 10.6. The van der Waals surface area contributed by atoms with Crippen LogP contribution in [0.3, 0.4) is 0 Å². The van der Waals surface area contributed by atoms with E-state index in [1.54, 1.807) is 0 Å². The average molecular weight is 611 g/mol. The average Bonchev–Trinajstić information content (AvgIpc) is 3.67. The molecule has 0 radical (unpaired) electrons. The van der Waals surface area contributed by atoms with E-state index in [-0.39, 0.29) is 0 Å². The highest BCUT2D eigenvalue weighted by atomic mass is 15.0. The maximum Gasteiger partial charge on any atom is 0.0641 e. The lowest BCUT2D eigenvalue weighted by Gasteiger charge is -2.12. The van der Waals surface area contributed by atoms with Crippen LogP contribution in [0.1, 0.15) is 0 Å². The molecule has 0 saturated carbocycles. The van der Waals surface area contributed by atoms with Gasteiger partial charge >= 0.3 is 0 Å². The molecule has 0 aliphatic rings. The Labute approximate surface area is 278 Å². The standard InChI is InChI=1S/C46H30N2/c1-3-11-31(12-4-1)33-19-23-37(24-20-33)47-42-18-10-9-17-40(42)45-43(47)28-27-39-41-29-35-15-7-8-16-36(35)30-44(41)48(46(39)45)38-25-21-34(22-26-38)32-13-5-2-6-14-32/h1-30H. The number of benzene rings is 8. The van der Waals surface area contributed by atoms with Crippen LogP contribution in [0.4, 0.5) is 0 Å². The van der Waals surface area contributed by atoms with Gasteiger partial charge in [-0.05, 0) is 81.6 Å². The van der Waals surface area contributed by atoms with Crippen LogP contribution in [-0.2, 0) is 0 Å². The van der Waals surface area contributed by atoms with E-state index in [4.69, 9.17) is 0 Å². The first-order valence-corrected chi connectivity index (χ1v) is 16.5. The maximum atomic E-state index is 2.49. The molecule has 0 saturated heterocycles. The fourth-order valence-electron chi connectivity index (χ4n) is 7.65. The molecule has 2 aromatic heterocycles. The lowest BCUT2D eigenvalue weighted by atomic mass is 10.0. The van der Waals surface area contributed by atoms with Gasteiger partial charge in [-0.15, -0.1) is 0 Å². The van der Waals surface area contributed by atoms with E-state index in [1.807, 2.05) is 0 Å². The summed E-state index contributed by atoms with van der Waals surface area (Å²) in [5, 5.41) is 7.54. The zero-order valence-electron chi connectivity index (χ0n) is 26.2. The molecule has 0 aliphatic heterocycles. The Balaban J connectivity index is 1.28. The van der Waals surface area contributed by atoms with Crippen molar-refractivity contribution in [2.75, 3.05) is 0 Å². The lowest BCUT2D eigenvalue weighted by Crippen LogP contribution is -1.95. The fourth-order valence-corrected chi connectivity index (χ4v) is 7.65. The monoisotopic (exact) mass is 610 g/mol. The van der Waals surface area contributed by atoms with Crippen molar-refractivity contribution in [3.63, 3.8) is 0 Å². The van der Waals surface area contributed by atoms with Gasteiger partial charge in [0.15, 0.2) is 0 Å². The van der Waals surface area contributed by atoms with E-state index in [1.165, 1.54) is 76.6 Å². The van der Waals surface area contributed by atoms with Gasteiger partial charge in [-0.1, -0.05) is 133 Å². The predicted molar refractivity (Wildman–Crippen MR) is 203 cm³/mol. The van der Waals surface area contributed by atoms with E-state index in [9.17, 15) is 0 Å². The summed E-state index contributed by atoms with van der Waals surface area (Å²) in [5.41, 5.74) is 12.0. The minimum absolute atomic E-state index is 1.15. The highest BCUT2D eigenvalue weighted by molar-refractivity contribution is 6.27. The molecule has 10 aromatic rings. The van der Waals surface area contributed by atoms with Crippen molar-refractivity contribution in [1.82, 2.24) is 9.13 Å². The van der Waals surface area contributed by atoms with Gasteiger partial charge in [0.1, 0.15) is 0 Å². The number of nitrogens with zero attached hydrogens (tertiary/aromatic N) is 2. The molecule has 224 valence electrons. The molecule has 2 heterocycles. The molecule has 0 fully saturated rings. The SMILES string of the molecule is c1ccc(-c2ccc(-n3c4ccccc4c4c3ccc3c5cc6ccccc6cc5n(-c5ccc(-c6ccccc6)cc5)c34)cc2)cc1. The molecule has 0 atom stereocenters. The Hall–Kier alpha value is -6.38. The van der Waals surface area contributed by atoms with Crippen molar-refractivity contribution in [3.05, 3.63) is 182 Å². The number of hydrogen-bond donors (Lipinski definition) is 0. The Morgan fingerprint density at radius 1 is 0.292 bits per heavy atom. The first kappa shape index (κ1) is 26.8. The topological polar surface area (TPSA) is 9.86 Å². The normalized spacial score (nSPS) is 11.8. The first-order chi connectivity index (χ1) is 23.8. The summed E-state index contributed by atoms with van der Waals surface area (Å²) in [6.45, 7) is 0. The van der Waals surface area contributed by atoms with E-state index >= 15 is 0 Å². The van der Waals surface area contributed by atoms with Gasteiger partial charge in [-0.25, -0.2) is 0 Å². The van der Waals surface area contributed by atoms with Crippen LogP contribution < -0.4 is 0 Å². The number of fused-ring (bicyclic) bond motifs is 8. The zero-order chi connectivity index (χ0) is 31.6. The van der Waals surface area contributed by atoms with Gasteiger partial charge in [0.25, 0.3) is 0 Å². The highest BCUT2D eigenvalue weighted by Gasteiger charge is 2.21. The molecular formula is C46H30N2. The molecule has 0 unspecified atom stereocenters. The van der Waals surface area contributed by atoms with Crippen LogP contribution >= 0.6 is 0 Å². The lowest BCUT2D eigenvalue weighted by molar-refractivity contribution is 1.17. The predicted octanol–water partition coefficient (Wildman–Crippen LogP) is 12.4. The Bertz CT molecular complexity index is 2780. The van der Waals surface area contributed by atoms with Gasteiger partial charge in [-0.3, -0.25) is 0 Å². The smallest absolute Gasteiger partial charge is 0.0641 e. The summed E-state index contributed by atoms with van der Waals surface area (Å²) in [4.78, 5) is 0. The van der Waals surface area contributed by atoms with Crippen LogP contribution in [0.2, 0.25) is 0 Å². The van der Waals surface area contributed by atoms with E-state index in [0.29, 0.717) is 0 Å². The molecule has 8 aromatic carbocycles. The van der Waals surface area contributed by atoms with Crippen molar-refractivity contribution >= 4 is 54.4 Å². The van der Waals surface area contributed by atoms with Gasteiger partial charge in [-0.2, -0.15) is 0 Å². The van der Waals surface area contributed by atoms with Crippen LogP contribution in [-0.4, -0.2) is 9.13 Å². The number of para-hydroxylation sites is 1. The third-order valence-corrected chi connectivity index (χ3v) is 9.90. The van der Waals surface area contributed by atoms with Gasteiger partial charge in [0.2, 0.25) is 0 Å². The molecule has 0 bridgehead atoms. The van der Waals surface area contributed by atoms with Crippen molar-refractivity contribution < 1.29 is 0 Å². The Kier molecular flexibility index (Phi) is 5.91. The molecule has 0 spiro atoms. The number of hydrogen-bond acceptors (Lipinski definition) is 0. The molecule has 2 heteroatoms. The van der Waals surface area contributed by atoms with Crippen molar-refractivity contribution in [3.8, 4) is 33.6 Å². The van der Waals surface area contributed by atoms with E-state index in [2.05, 4.69) is 191 Å². The number of rotatable bonds is 4. The van der Waals surface area contributed by atoms with Gasteiger partial charge < -0.3 is 9.13 Å². The van der Waals surface area contributed by atoms with Gasteiger partial charge in [0.05, 0.1) is 22.1 Å². The highest BCUT2D eigenvalue weighted by Crippen LogP contribution is 2.43. The Morgan fingerprint density at radius 2 is 0.812 bits per heavy atom. The van der Waals surface area contributed by atoms with Crippen molar-refractivity contribution in [2.45, 2.75) is 0 Å². The molecule has 0 N–H and O–H groups in total. The second-order valence-corrected chi connectivity index (χ2v) is 12.6. The molecule has 0 aliphatic carbocycles. The molecule has 10 rings (SSSR count). The van der Waals surface area contributed by atoms with Crippen LogP contribution in [0, 0.1) is 0 Å². The largest absolute Gasteiger partial charge is 0.309 e. The quantitative estimate of drug-likeness (QED) is 0.188. The first-order valence-electron chi connectivity index (χ1n) is 16.5. The molecule has 2 nitrogen and oxygen atoms in total. The van der Waals surface area contributed by atoms with Crippen molar-refractivity contribution in [2.24, 2.45) is 0 Å². The summed E-state index contributed by atoms with van der Waals surface area (Å²) in [6.07, 6.45) is 0. The summed E-state index contributed by atoms with van der Waals surface area (Å²) in [6, 6.07) is 66.2. The second-order valence-electron chi connectivity index (χ2n) is 12.6. The van der Waals surface area contributed by atoms with E-state index in [0.717, 1.165) is 11.4 Å². The zero-order valence-corrected chi connectivity index (χ0v) is 26.2. The maximum absolute atomic E-state index is 2.49. The summed E-state index contributed by atoms with van der Waals surface area (Å²) in [7, 11) is 0. The molecule has 0 amide bonds. The Morgan fingerprint density at radius 3 is 1.46 bits per heavy atom.